The minimum Gasteiger partial charge on any atom is -0.344 e. The highest BCUT2D eigenvalue weighted by molar-refractivity contribution is 5.28. The van der Waals surface area contributed by atoms with Crippen LogP contribution in [0, 0.1) is 0 Å². The van der Waals surface area contributed by atoms with Crippen molar-refractivity contribution in [1.29, 1.82) is 0 Å². The van der Waals surface area contributed by atoms with Crippen LogP contribution >= 0.6 is 0 Å². The Morgan fingerprint density at radius 1 is 1.62 bits per heavy atom. The Morgan fingerprint density at radius 2 is 2.38 bits per heavy atom. The lowest BCUT2D eigenvalue weighted by atomic mass is 10.5. The maximum atomic E-state index is 4.26. The van der Waals surface area contributed by atoms with E-state index >= 15 is 0 Å². The maximum absolute atomic E-state index is 4.26. The Hall–Kier alpha value is -1.03. The Bertz CT molecular complexity index is 244. The average Bonchev–Trinajstić information content (AvgIpc) is 2.52. The highest BCUT2D eigenvalue weighted by Crippen LogP contribution is 2.05. The average molecular weight is 182 g/mol. The van der Waals surface area contributed by atoms with Gasteiger partial charge in [-0.25, -0.2) is 4.98 Å². The summed E-state index contributed by atoms with van der Waals surface area (Å²) in [4.78, 5) is 6.40. The van der Waals surface area contributed by atoms with E-state index in [0.29, 0.717) is 0 Å². The summed E-state index contributed by atoms with van der Waals surface area (Å²) in [7, 11) is 4.06. The van der Waals surface area contributed by atoms with Crippen molar-refractivity contribution in [3.05, 3.63) is 12.4 Å². The predicted octanol–water partition coefficient (Wildman–Crippen LogP) is 0.466. The summed E-state index contributed by atoms with van der Waals surface area (Å²) in [6.07, 6.45) is 3.78. The molecule has 0 unspecified atom stereocenters. The molecule has 0 aromatic carbocycles. The van der Waals surface area contributed by atoms with Crippen molar-refractivity contribution in [2.24, 2.45) is 7.05 Å². The van der Waals surface area contributed by atoms with Gasteiger partial charge in [0.1, 0.15) is 0 Å². The normalized spacial score (nSPS) is 10.4. The smallest absolute Gasteiger partial charge is 0.204 e. The van der Waals surface area contributed by atoms with Crippen LogP contribution in [0.1, 0.15) is 6.92 Å². The highest BCUT2D eigenvalue weighted by Gasteiger charge is 2.03. The van der Waals surface area contributed by atoms with E-state index in [2.05, 4.69) is 29.2 Å². The van der Waals surface area contributed by atoms with Crippen molar-refractivity contribution in [3.63, 3.8) is 0 Å². The second-order valence-corrected chi connectivity index (χ2v) is 3.11. The molecular formula is C9H18N4. The molecule has 1 N–H and O–H groups in total. The SMILES string of the molecule is CCNCCN(C)c1nccn1C. The molecule has 0 spiro atoms. The molecule has 0 atom stereocenters. The van der Waals surface area contributed by atoms with Crippen LogP contribution in [0.15, 0.2) is 12.4 Å². The van der Waals surface area contributed by atoms with Crippen molar-refractivity contribution < 1.29 is 0 Å². The maximum Gasteiger partial charge on any atom is 0.204 e. The highest BCUT2D eigenvalue weighted by atomic mass is 15.3. The number of nitrogens with zero attached hydrogens (tertiary/aromatic N) is 3. The first-order chi connectivity index (χ1) is 6.25. The van der Waals surface area contributed by atoms with Gasteiger partial charge in [0.25, 0.3) is 0 Å². The lowest BCUT2D eigenvalue weighted by molar-refractivity contribution is 0.690. The van der Waals surface area contributed by atoms with Crippen molar-refractivity contribution in [2.75, 3.05) is 31.6 Å². The van der Waals surface area contributed by atoms with Gasteiger partial charge in [-0.3, -0.25) is 0 Å². The van der Waals surface area contributed by atoms with Crippen molar-refractivity contribution in [3.8, 4) is 0 Å². The number of likely N-dealkylation sites (N-methyl/N-ethyl adjacent to an activating group) is 2. The minimum absolute atomic E-state index is 0.985. The van der Waals surface area contributed by atoms with Crippen LogP contribution in [0.4, 0.5) is 5.95 Å². The fourth-order valence-corrected chi connectivity index (χ4v) is 1.25. The van der Waals surface area contributed by atoms with Gasteiger partial charge in [0.05, 0.1) is 0 Å². The predicted molar refractivity (Wildman–Crippen MR) is 55.0 cm³/mol. The second-order valence-electron chi connectivity index (χ2n) is 3.11. The molecule has 1 heterocycles. The summed E-state index contributed by atoms with van der Waals surface area (Å²) in [6.45, 7) is 5.12. The molecule has 13 heavy (non-hydrogen) atoms. The standard InChI is InChI=1S/C9H18N4/c1-4-10-5-7-12(2)9-11-6-8-13(9)3/h6,8,10H,4-5,7H2,1-3H3. The van der Waals surface area contributed by atoms with Gasteiger partial charge in [-0.05, 0) is 6.54 Å². The monoisotopic (exact) mass is 182 g/mol. The zero-order valence-corrected chi connectivity index (χ0v) is 8.62. The van der Waals surface area contributed by atoms with Crippen LogP contribution in [0.25, 0.3) is 0 Å². The van der Waals surface area contributed by atoms with Gasteiger partial charge < -0.3 is 14.8 Å². The molecule has 0 bridgehead atoms. The third kappa shape index (κ3) is 2.73. The summed E-state index contributed by atoms with van der Waals surface area (Å²) in [5, 5.41) is 3.28. The van der Waals surface area contributed by atoms with E-state index in [1.807, 2.05) is 24.0 Å². The van der Waals surface area contributed by atoms with Crippen LogP contribution in [-0.2, 0) is 7.05 Å². The van der Waals surface area contributed by atoms with Gasteiger partial charge in [0.2, 0.25) is 5.95 Å². The summed E-state index contributed by atoms with van der Waals surface area (Å²) in [5.41, 5.74) is 0. The number of aromatic nitrogens is 2. The minimum atomic E-state index is 0.985. The van der Waals surface area contributed by atoms with Gasteiger partial charge >= 0.3 is 0 Å². The Kier molecular flexibility index (Phi) is 3.76. The summed E-state index contributed by atoms with van der Waals surface area (Å²) in [6, 6.07) is 0. The van der Waals surface area contributed by atoms with Gasteiger partial charge in [-0.15, -0.1) is 0 Å². The van der Waals surface area contributed by atoms with Crippen molar-refractivity contribution >= 4 is 5.95 Å². The van der Waals surface area contributed by atoms with Crippen LogP contribution in [0.3, 0.4) is 0 Å². The molecule has 74 valence electrons. The lowest BCUT2D eigenvalue weighted by Gasteiger charge is -2.17. The number of imidazole rings is 1. The third-order valence-electron chi connectivity index (χ3n) is 2.01. The van der Waals surface area contributed by atoms with Crippen LogP contribution in [0.2, 0.25) is 0 Å². The number of hydrogen-bond acceptors (Lipinski definition) is 3. The molecule has 0 fully saturated rings. The Morgan fingerprint density at radius 3 is 2.92 bits per heavy atom. The quantitative estimate of drug-likeness (QED) is 0.672. The lowest BCUT2D eigenvalue weighted by Crippen LogP contribution is -2.30. The van der Waals surface area contributed by atoms with E-state index < -0.39 is 0 Å². The largest absolute Gasteiger partial charge is 0.344 e. The summed E-state index contributed by atoms with van der Waals surface area (Å²) >= 11 is 0. The molecule has 0 saturated heterocycles. The van der Waals surface area contributed by atoms with Crippen LogP contribution in [0.5, 0.6) is 0 Å². The Balaban J connectivity index is 2.39. The molecule has 4 nitrogen and oxygen atoms in total. The molecule has 0 aliphatic carbocycles. The van der Waals surface area contributed by atoms with Gasteiger partial charge in [0, 0.05) is 39.6 Å². The Labute approximate surface area is 79.6 Å². The number of rotatable bonds is 5. The first-order valence-electron chi connectivity index (χ1n) is 4.65. The second kappa shape index (κ2) is 4.87. The zero-order valence-electron chi connectivity index (χ0n) is 8.62. The number of hydrogen-bond donors (Lipinski definition) is 1. The first-order valence-corrected chi connectivity index (χ1v) is 4.65. The summed E-state index contributed by atoms with van der Waals surface area (Å²) in [5.74, 6) is 1.01. The van der Waals surface area contributed by atoms with E-state index in [1.165, 1.54) is 0 Å². The van der Waals surface area contributed by atoms with Crippen molar-refractivity contribution in [2.45, 2.75) is 6.92 Å². The van der Waals surface area contributed by atoms with E-state index in [4.69, 9.17) is 0 Å². The first kappa shape index (κ1) is 10.1. The van der Waals surface area contributed by atoms with E-state index in [0.717, 1.165) is 25.6 Å². The van der Waals surface area contributed by atoms with Crippen LogP contribution < -0.4 is 10.2 Å². The van der Waals surface area contributed by atoms with Gasteiger partial charge in [-0.1, -0.05) is 6.92 Å². The van der Waals surface area contributed by atoms with Crippen molar-refractivity contribution in [1.82, 2.24) is 14.9 Å². The van der Waals surface area contributed by atoms with Gasteiger partial charge in [-0.2, -0.15) is 0 Å². The van der Waals surface area contributed by atoms with E-state index in [1.54, 1.807) is 0 Å². The number of anilines is 1. The molecule has 0 radical (unpaired) electrons. The molecule has 0 aliphatic heterocycles. The number of nitrogens with one attached hydrogen (secondary N) is 1. The molecule has 4 heteroatoms. The molecule has 0 amide bonds. The third-order valence-corrected chi connectivity index (χ3v) is 2.01. The molecule has 0 saturated carbocycles. The van der Waals surface area contributed by atoms with E-state index in [9.17, 15) is 0 Å². The number of aryl methyl sites for hydroxylation is 1. The fraction of sp³-hybridized carbons (Fsp3) is 0.667. The molecule has 0 aliphatic rings. The molecule has 1 rings (SSSR count). The molecule has 1 aromatic heterocycles. The molecular weight excluding hydrogens is 164 g/mol. The zero-order chi connectivity index (χ0) is 9.68. The molecule has 1 aromatic rings. The van der Waals surface area contributed by atoms with Crippen LogP contribution in [-0.4, -0.2) is 36.2 Å². The summed E-state index contributed by atoms with van der Waals surface area (Å²) < 4.78 is 2.02. The topological polar surface area (TPSA) is 33.1 Å². The fourth-order valence-electron chi connectivity index (χ4n) is 1.25. The van der Waals surface area contributed by atoms with Gasteiger partial charge in [0.15, 0.2) is 0 Å². The van der Waals surface area contributed by atoms with E-state index in [-0.39, 0.29) is 0 Å².